The fourth-order valence-corrected chi connectivity index (χ4v) is 0.671. The van der Waals surface area contributed by atoms with Crippen molar-refractivity contribution in [1.82, 2.24) is 0 Å². The first-order valence-corrected chi connectivity index (χ1v) is 3.68. The quantitative estimate of drug-likeness (QED) is 0.564. The van der Waals surface area contributed by atoms with Gasteiger partial charge in [0.25, 0.3) is 5.97 Å². The van der Waals surface area contributed by atoms with E-state index in [-0.39, 0.29) is 16.5 Å². The molecule has 0 amide bonds. The first-order valence-electron chi connectivity index (χ1n) is 3.30. The first kappa shape index (κ1) is 11.6. The van der Waals surface area contributed by atoms with E-state index in [0.717, 1.165) is 6.92 Å². The predicted molar refractivity (Wildman–Crippen MR) is 48.1 cm³/mol. The molecule has 4 nitrogen and oxygen atoms in total. The third-order valence-electron chi connectivity index (χ3n) is 0.931. The van der Waals surface area contributed by atoms with Crippen LogP contribution in [0.15, 0.2) is 18.2 Å². The maximum absolute atomic E-state index is 9.00. The van der Waals surface area contributed by atoms with Gasteiger partial charge >= 0.3 is 0 Å². The van der Waals surface area contributed by atoms with Gasteiger partial charge in [-0.3, -0.25) is 4.79 Å². The van der Waals surface area contributed by atoms with Crippen LogP contribution in [0.2, 0.25) is 5.02 Å². The minimum atomic E-state index is -0.833. The van der Waals surface area contributed by atoms with Crippen molar-refractivity contribution >= 4 is 17.6 Å². The molecular formula is C8H9ClO4. The van der Waals surface area contributed by atoms with Gasteiger partial charge < -0.3 is 15.3 Å². The molecule has 0 saturated carbocycles. The molecule has 0 bridgehead atoms. The summed E-state index contributed by atoms with van der Waals surface area (Å²) in [7, 11) is 0. The molecule has 72 valence electrons. The van der Waals surface area contributed by atoms with Crippen LogP contribution in [-0.4, -0.2) is 21.3 Å². The Balaban J connectivity index is 0.000000310. The Morgan fingerprint density at radius 1 is 1.38 bits per heavy atom. The van der Waals surface area contributed by atoms with Crippen LogP contribution >= 0.6 is 11.6 Å². The zero-order valence-corrected chi connectivity index (χ0v) is 7.62. The molecule has 1 aromatic rings. The second kappa shape index (κ2) is 5.27. The van der Waals surface area contributed by atoms with E-state index in [9.17, 15) is 0 Å². The highest BCUT2D eigenvalue weighted by molar-refractivity contribution is 6.32. The van der Waals surface area contributed by atoms with Gasteiger partial charge in [-0.15, -0.1) is 0 Å². The topological polar surface area (TPSA) is 77.8 Å². The van der Waals surface area contributed by atoms with Crippen LogP contribution in [0.1, 0.15) is 6.92 Å². The summed E-state index contributed by atoms with van der Waals surface area (Å²) in [5, 5.41) is 25.1. The maximum Gasteiger partial charge on any atom is 0.300 e. The zero-order valence-electron chi connectivity index (χ0n) is 6.86. The fraction of sp³-hybridized carbons (Fsp3) is 0.125. The Morgan fingerprint density at radius 3 is 2.15 bits per heavy atom. The lowest BCUT2D eigenvalue weighted by atomic mass is 10.3. The van der Waals surface area contributed by atoms with Crippen molar-refractivity contribution in [1.29, 1.82) is 0 Å². The number of rotatable bonds is 0. The third-order valence-corrected chi connectivity index (χ3v) is 1.23. The Labute approximate surface area is 80.0 Å². The Hall–Kier alpha value is -1.42. The molecule has 1 rings (SSSR count). The second-order valence-electron chi connectivity index (χ2n) is 2.15. The number of benzene rings is 1. The summed E-state index contributed by atoms with van der Waals surface area (Å²) in [4.78, 5) is 9.00. The molecule has 0 aliphatic heterocycles. The number of phenolic OH excluding ortho intramolecular Hbond substituents is 2. The molecule has 0 fully saturated rings. The van der Waals surface area contributed by atoms with E-state index in [2.05, 4.69) is 0 Å². The normalized spacial score (nSPS) is 8.46. The minimum Gasteiger partial charge on any atom is -0.508 e. The van der Waals surface area contributed by atoms with Crippen LogP contribution in [-0.2, 0) is 4.79 Å². The number of hydrogen-bond donors (Lipinski definition) is 3. The van der Waals surface area contributed by atoms with Crippen molar-refractivity contribution < 1.29 is 20.1 Å². The molecule has 0 radical (unpaired) electrons. The van der Waals surface area contributed by atoms with Crippen LogP contribution < -0.4 is 0 Å². The molecule has 0 aliphatic carbocycles. The average molecular weight is 205 g/mol. The van der Waals surface area contributed by atoms with Gasteiger partial charge in [-0.25, -0.2) is 0 Å². The van der Waals surface area contributed by atoms with Gasteiger partial charge in [0.1, 0.15) is 11.5 Å². The molecule has 0 unspecified atom stereocenters. The van der Waals surface area contributed by atoms with E-state index in [1.807, 2.05) is 0 Å². The van der Waals surface area contributed by atoms with Crippen LogP contribution in [0.5, 0.6) is 11.5 Å². The van der Waals surface area contributed by atoms with Crippen LogP contribution in [0, 0.1) is 0 Å². The number of aromatic hydroxyl groups is 2. The number of hydrogen-bond acceptors (Lipinski definition) is 3. The summed E-state index contributed by atoms with van der Waals surface area (Å²) < 4.78 is 0. The van der Waals surface area contributed by atoms with E-state index in [1.165, 1.54) is 18.2 Å². The van der Waals surface area contributed by atoms with Crippen molar-refractivity contribution in [3.8, 4) is 11.5 Å². The lowest BCUT2D eigenvalue weighted by molar-refractivity contribution is -0.134. The molecule has 5 heteroatoms. The van der Waals surface area contributed by atoms with Gasteiger partial charge in [0.15, 0.2) is 0 Å². The predicted octanol–water partition coefficient (Wildman–Crippen LogP) is 1.84. The van der Waals surface area contributed by atoms with Crippen molar-refractivity contribution in [3.05, 3.63) is 23.2 Å². The van der Waals surface area contributed by atoms with E-state index >= 15 is 0 Å². The number of aliphatic carboxylic acids is 1. The van der Waals surface area contributed by atoms with Crippen molar-refractivity contribution in [3.63, 3.8) is 0 Å². The first-order chi connectivity index (χ1) is 5.93. The number of carboxylic acids is 1. The molecule has 13 heavy (non-hydrogen) atoms. The summed E-state index contributed by atoms with van der Waals surface area (Å²) >= 11 is 5.40. The Kier molecular flexibility index (Phi) is 4.69. The van der Waals surface area contributed by atoms with Gasteiger partial charge in [-0.2, -0.15) is 0 Å². The van der Waals surface area contributed by atoms with E-state index < -0.39 is 5.97 Å². The van der Waals surface area contributed by atoms with Crippen molar-refractivity contribution in [2.24, 2.45) is 0 Å². The largest absolute Gasteiger partial charge is 0.508 e. The van der Waals surface area contributed by atoms with E-state index in [0.29, 0.717) is 0 Å². The lowest BCUT2D eigenvalue weighted by Crippen LogP contribution is -1.78. The highest BCUT2D eigenvalue weighted by Gasteiger charge is 1.95. The maximum atomic E-state index is 9.00. The number of carbonyl (C=O) groups is 1. The van der Waals surface area contributed by atoms with Gasteiger partial charge in [-0.05, 0) is 12.1 Å². The summed E-state index contributed by atoms with van der Waals surface area (Å²) in [6.07, 6.45) is 0. The highest BCUT2D eigenvalue weighted by atomic mass is 35.5. The monoisotopic (exact) mass is 204 g/mol. The van der Waals surface area contributed by atoms with E-state index in [1.54, 1.807) is 0 Å². The van der Waals surface area contributed by atoms with Gasteiger partial charge in [0, 0.05) is 13.0 Å². The molecule has 0 heterocycles. The van der Waals surface area contributed by atoms with Crippen LogP contribution in [0.3, 0.4) is 0 Å². The summed E-state index contributed by atoms with van der Waals surface area (Å²) in [6.45, 7) is 1.08. The van der Waals surface area contributed by atoms with Crippen molar-refractivity contribution in [2.45, 2.75) is 6.92 Å². The second-order valence-corrected chi connectivity index (χ2v) is 2.56. The van der Waals surface area contributed by atoms with Crippen LogP contribution in [0.4, 0.5) is 0 Å². The average Bonchev–Trinajstić information content (AvgIpc) is 1.96. The highest BCUT2D eigenvalue weighted by Crippen LogP contribution is 2.26. The SMILES string of the molecule is CC(=O)O.Oc1ccc(O)c(Cl)c1. The Bertz CT molecular complexity index is 294. The molecule has 0 atom stereocenters. The molecular weight excluding hydrogens is 196 g/mol. The summed E-state index contributed by atoms with van der Waals surface area (Å²) in [5.74, 6) is -0.799. The summed E-state index contributed by atoms with van der Waals surface area (Å²) in [6, 6.07) is 3.97. The Morgan fingerprint density at radius 2 is 1.85 bits per heavy atom. The smallest absolute Gasteiger partial charge is 0.300 e. The zero-order chi connectivity index (χ0) is 10.4. The molecule has 1 aromatic carbocycles. The number of carboxylic acid groups (broad SMARTS) is 1. The molecule has 3 N–H and O–H groups in total. The molecule has 0 saturated heterocycles. The number of halogens is 1. The fourth-order valence-electron chi connectivity index (χ4n) is 0.496. The molecule has 0 aromatic heterocycles. The van der Waals surface area contributed by atoms with Crippen molar-refractivity contribution in [2.75, 3.05) is 0 Å². The molecule has 0 spiro atoms. The number of phenols is 2. The van der Waals surface area contributed by atoms with Crippen LogP contribution in [0.25, 0.3) is 0 Å². The minimum absolute atomic E-state index is 0.0190. The third kappa shape index (κ3) is 5.81. The summed E-state index contributed by atoms with van der Waals surface area (Å²) in [5.41, 5.74) is 0. The standard InChI is InChI=1S/C6H5ClO2.C2H4O2/c7-5-3-4(8)1-2-6(5)9;1-2(3)4/h1-3,8-9H;1H3,(H,3,4). The van der Waals surface area contributed by atoms with Gasteiger partial charge in [0.2, 0.25) is 0 Å². The van der Waals surface area contributed by atoms with Gasteiger partial charge in [-0.1, -0.05) is 11.6 Å². The lowest BCUT2D eigenvalue weighted by Gasteiger charge is -1.94. The van der Waals surface area contributed by atoms with E-state index in [4.69, 9.17) is 31.7 Å². The molecule has 0 aliphatic rings. The van der Waals surface area contributed by atoms with Gasteiger partial charge in [0.05, 0.1) is 5.02 Å².